The number of carboxylic acid groups (broad SMARTS) is 1. The Hall–Kier alpha value is -3.73. The van der Waals surface area contributed by atoms with E-state index >= 15 is 0 Å². The zero-order valence-electron chi connectivity index (χ0n) is 17.0. The van der Waals surface area contributed by atoms with Crippen molar-refractivity contribution in [1.29, 1.82) is 0 Å². The lowest BCUT2D eigenvalue weighted by Crippen LogP contribution is -2.57. The average Bonchev–Trinajstić information content (AvgIpc) is 3.26. The Morgan fingerprint density at radius 1 is 1.03 bits per heavy atom. The van der Waals surface area contributed by atoms with Crippen LogP contribution >= 0.6 is 0 Å². The highest BCUT2D eigenvalue weighted by Gasteiger charge is 2.29. The molecule has 0 aliphatic rings. The fourth-order valence-electron chi connectivity index (χ4n) is 2.79. The molecular formula is C20H26N6O5. The molecule has 2 aromatic rings. The molecule has 11 heteroatoms. The monoisotopic (exact) mass is 430 g/mol. The Morgan fingerprint density at radius 2 is 1.68 bits per heavy atom. The van der Waals surface area contributed by atoms with Gasteiger partial charge in [0.25, 0.3) is 0 Å². The van der Waals surface area contributed by atoms with Crippen LogP contribution in [-0.4, -0.2) is 63.4 Å². The lowest BCUT2D eigenvalue weighted by atomic mass is 10.0. The number of nitrogens with zero attached hydrogens (tertiary/aromatic N) is 1. The molecule has 3 atom stereocenters. The van der Waals surface area contributed by atoms with Gasteiger partial charge in [-0.1, -0.05) is 30.3 Å². The summed E-state index contributed by atoms with van der Waals surface area (Å²) < 4.78 is 0. The van der Waals surface area contributed by atoms with E-state index in [9.17, 15) is 19.2 Å². The smallest absolute Gasteiger partial charge is 0.325 e. The number of H-pyrrole nitrogens is 1. The summed E-state index contributed by atoms with van der Waals surface area (Å²) in [6, 6.07) is 5.82. The zero-order chi connectivity index (χ0) is 22.8. The number of aliphatic carboxylic acids is 1. The first-order chi connectivity index (χ1) is 14.8. The Kier molecular flexibility index (Phi) is 8.70. The van der Waals surface area contributed by atoms with Crippen LogP contribution in [-0.2, 0) is 32.0 Å². The average molecular weight is 430 g/mol. The summed E-state index contributed by atoms with van der Waals surface area (Å²) >= 11 is 0. The summed E-state index contributed by atoms with van der Waals surface area (Å²) in [5.41, 5.74) is 6.73. The third-order valence-corrected chi connectivity index (χ3v) is 4.46. The molecule has 0 aliphatic heterocycles. The summed E-state index contributed by atoms with van der Waals surface area (Å²) in [6.07, 6.45) is 3.14. The molecule has 31 heavy (non-hydrogen) atoms. The maximum atomic E-state index is 13.0. The molecule has 1 aromatic heterocycles. The van der Waals surface area contributed by atoms with Crippen LogP contribution in [0.1, 0.15) is 18.2 Å². The van der Waals surface area contributed by atoms with E-state index in [0.29, 0.717) is 5.69 Å². The van der Waals surface area contributed by atoms with E-state index in [2.05, 4.69) is 25.9 Å². The number of hydrogen-bond donors (Lipinski definition) is 6. The first kappa shape index (κ1) is 23.5. The largest absolute Gasteiger partial charge is 0.480 e. The predicted molar refractivity (Wildman–Crippen MR) is 111 cm³/mol. The SMILES string of the molecule is CC(NC(=O)C(Cc1cnc[nH]1)NC(=O)C(Cc1ccccc1)NC(=O)CN)C(=O)O. The number of carbonyl (C=O) groups is 4. The van der Waals surface area contributed by atoms with E-state index in [0.717, 1.165) is 5.56 Å². The van der Waals surface area contributed by atoms with Gasteiger partial charge in [-0.15, -0.1) is 0 Å². The van der Waals surface area contributed by atoms with Crippen molar-refractivity contribution in [3.05, 3.63) is 54.1 Å². The van der Waals surface area contributed by atoms with E-state index in [1.54, 1.807) is 24.3 Å². The third kappa shape index (κ3) is 7.55. The van der Waals surface area contributed by atoms with Gasteiger partial charge in [0, 0.05) is 24.7 Å². The summed E-state index contributed by atoms with van der Waals surface area (Å²) in [5, 5.41) is 16.6. The Balaban J connectivity index is 2.18. The van der Waals surface area contributed by atoms with Crippen molar-refractivity contribution in [2.24, 2.45) is 5.73 Å². The Labute approximate surface area is 178 Å². The van der Waals surface area contributed by atoms with Gasteiger partial charge in [0.05, 0.1) is 12.9 Å². The van der Waals surface area contributed by atoms with Gasteiger partial charge < -0.3 is 31.8 Å². The molecule has 1 aromatic carbocycles. The fourth-order valence-corrected chi connectivity index (χ4v) is 2.79. The lowest BCUT2D eigenvalue weighted by Gasteiger charge is -2.23. The molecule has 1 heterocycles. The summed E-state index contributed by atoms with van der Waals surface area (Å²) in [7, 11) is 0. The van der Waals surface area contributed by atoms with E-state index in [1.807, 2.05) is 6.07 Å². The molecule has 0 saturated heterocycles. The van der Waals surface area contributed by atoms with E-state index in [1.165, 1.54) is 19.4 Å². The van der Waals surface area contributed by atoms with Gasteiger partial charge in [0.1, 0.15) is 18.1 Å². The molecule has 0 radical (unpaired) electrons. The number of benzene rings is 1. The molecule has 2 rings (SSSR count). The number of aromatic amines is 1. The van der Waals surface area contributed by atoms with Crippen LogP contribution < -0.4 is 21.7 Å². The number of carbonyl (C=O) groups excluding carboxylic acids is 3. The van der Waals surface area contributed by atoms with Crippen molar-refractivity contribution in [2.45, 2.75) is 37.9 Å². The minimum absolute atomic E-state index is 0.0484. The molecule has 7 N–H and O–H groups in total. The van der Waals surface area contributed by atoms with Crippen molar-refractivity contribution in [3.63, 3.8) is 0 Å². The maximum Gasteiger partial charge on any atom is 0.325 e. The second-order valence-electron chi connectivity index (χ2n) is 6.92. The first-order valence-corrected chi connectivity index (χ1v) is 9.64. The molecule has 0 spiro atoms. The highest BCUT2D eigenvalue weighted by Crippen LogP contribution is 2.06. The molecule has 3 unspecified atom stereocenters. The van der Waals surface area contributed by atoms with Crippen LogP contribution in [0.5, 0.6) is 0 Å². The van der Waals surface area contributed by atoms with Gasteiger partial charge >= 0.3 is 5.97 Å². The van der Waals surface area contributed by atoms with Gasteiger partial charge in [0.15, 0.2) is 0 Å². The maximum absolute atomic E-state index is 13.0. The van der Waals surface area contributed by atoms with Crippen molar-refractivity contribution in [1.82, 2.24) is 25.9 Å². The van der Waals surface area contributed by atoms with Crippen LogP contribution in [0.2, 0.25) is 0 Å². The van der Waals surface area contributed by atoms with Gasteiger partial charge in [-0.05, 0) is 12.5 Å². The van der Waals surface area contributed by atoms with Gasteiger partial charge in [-0.2, -0.15) is 0 Å². The third-order valence-electron chi connectivity index (χ3n) is 4.46. The van der Waals surface area contributed by atoms with E-state index in [-0.39, 0.29) is 19.4 Å². The van der Waals surface area contributed by atoms with Crippen LogP contribution in [0.4, 0.5) is 0 Å². The number of hydrogen-bond acceptors (Lipinski definition) is 6. The van der Waals surface area contributed by atoms with Gasteiger partial charge in [-0.25, -0.2) is 4.98 Å². The second-order valence-corrected chi connectivity index (χ2v) is 6.92. The molecule has 166 valence electrons. The van der Waals surface area contributed by atoms with Crippen molar-refractivity contribution in [2.75, 3.05) is 6.54 Å². The minimum Gasteiger partial charge on any atom is -0.480 e. The quantitative estimate of drug-likeness (QED) is 0.257. The van der Waals surface area contributed by atoms with Gasteiger partial charge in [-0.3, -0.25) is 19.2 Å². The molecule has 3 amide bonds. The summed E-state index contributed by atoms with van der Waals surface area (Å²) in [4.78, 5) is 55.3. The molecule has 0 aliphatic carbocycles. The molecule has 0 saturated carbocycles. The summed E-state index contributed by atoms with van der Waals surface area (Å²) in [5.74, 6) is -3.02. The lowest BCUT2D eigenvalue weighted by molar-refractivity contribution is -0.141. The van der Waals surface area contributed by atoms with Crippen LogP contribution in [0.25, 0.3) is 0 Å². The highest BCUT2D eigenvalue weighted by atomic mass is 16.4. The zero-order valence-corrected chi connectivity index (χ0v) is 17.0. The highest BCUT2D eigenvalue weighted by molar-refractivity contribution is 5.93. The van der Waals surface area contributed by atoms with Gasteiger partial charge in [0.2, 0.25) is 17.7 Å². The first-order valence-electron chi connectivity index (χ1n) is 9.64. The Morgan fingerprint density at radius 3 is 2.26 bits per heavy atom. The molecule has 0 bridgehead atoms. The minimum atomic E-state index is -1.21. The van der Waals surface area contributed by atoms with Crippen LogP contribution in [0.15, 0.2) is 42.9 Å². The molecule has 11 nitrogen and oxygen atoms in total. The van der Waals surface area contributed by atoms with E-state index in [4.69, 9.17) is 10.8 Å². The standard InChI is InChI=1S/C20H26N6O5/c1-12(20(30)31)24-18(28)16(8-14-10-22-11-23-14)26-19(29)15(25-17(27)9-21)7-13-5-3-2-4-6-13/h2-6,10-12,15-16H,7-9,21H2,1H3,(H,22,23)(H,24,28)(H,25,27)(H,26,29)(H,30,31). The number of carboxylic acids is 1. The van der Waals surface area contributed by atoms with Crippen LogP contribution in [0.3, 0.4) is 0 Å². The number of imidazole rings is 1. The normalized spacial score (nSPS) is 13.5. The number of amides is 3. The number of nitrogens with two attached hydrogens (primary N) is 1. The van der Waals surface area contributed by atoms with E-state index < -0.39 is 41.8 Å². The summed E-state index contributed by atoms with van der Waals surface area (Å²) in [6.45, 7) is 1.02. The Bertz CT molecular complexity index is 887. The predicted octanol–water partition coefficient (Wildman–Crippen LogP) is -1.29. The van der Waals surface area contributed by atoms with Crippen LogP contribution in [0, 0.1) is 0 Å². The van der Waals surface area contributed by atoms with Crippen molar-refractivity contribution >= 4 is 23.7 Å². The topological polar surface area (TPSA) is 179 Å². The number of rotatable bonds is 11. The fraction of sp³-hybridized carbons (Fsp3) is 0.350. The van der Waals surface area contributed by atoms with Crippen molar-refractivity contribution in [3.8, 4) is 0 Å². The number of nitrogens with one attached hydrogen (secondary N) is 4. The van der Waals surface area contributed by atoms with Crippen molar-refractivity contribution < 1.29 is 24.3 Å². The second kappa shape index (κ2) is 11.5. The molecule has 0 fully saturated rings. The number of aromatic nitrogens is 2. The molecular weight excluding hydrogens is 404 g/mol.